The minimum Gasteiger partial charge on any atom is -0.497 e. The summed E-state index contributed by atoms with van der Waals surface area (Å²) in [4.78, 5) is 3.05. The SMILES string of the molecule is COc1ccc2[nH]cc([C@@H](N)CF)c2c1.Cl. The number of fused-ring (bicyclic) bond motifs is 1. The molecular weight excluding hydrogens is 231 g/mol. The third kappa shape index (κ3) is 2.13. The number of hydrogen-bond donors (Lipinski definition) is 2. The Morgan fingerprint density at radius 2 is 2.25 bits per heavy atom. The first-order chi connectivity index (χ1) is 7.26. The Morgan fingerprint density at radius 3 is 2.88 bits per heavy atom. The van der Waals surface area contributed by atoms with E-state index in [4.69, 9.17) is 10.5 Å². The highest BCUT2D eigenvalue weighted by Gasteiger charge is 2.11. The summed E-state index contributed by atoms with van der Waals surface area (Å²) in [6.45, 7) is -0.565. The normalized spacial score (nSPS) is 12.2. The second kappa shape index (κ2) is 5.18. The largest absolute Gasteiger partial charge is 0.497 e. The second-order valence-corrected chi connectivity index (χ2v) is 3.42. The van der Waals surface area contributed by atoms with E-state index in [1.165, 1.54) is 0 Å². The summed E-state index contributed by atoms with van der Waals surface area (Å²) in [7, 11) is 1.60. The summed E-state index contributed by atoms with van der Waals surface area (Å²) in [5.74, 6) is 0.745. The van der Waals surface area contributed by atoms with Crippen LogP contribution < -0.4 is 10.5 Å². The molecule has 1 aromatic carbocycles. The highest BCUT2D eigenvalue weighted by atomic mass is 35.5. The van der Waals surface area contributed by atoms with Gasteiger partial charge in [-0.2, -0.15) is 0 Å². The summed E-state index contributed by atoms with van der Waals surface area (Å²) in [5, 5.41) is 0.916. The molecule has 0 aliphatic rings. The maximum absolute atomic E-state index is 12.5. The smallest absolute Gasteiger partial charge is 0.119 e. The van der Waals surface area contributed by atoms with Crippen molar-refractivity contribution in [2.24, 2.45) is 5.73 Å². The van der Waals surface area contributed by atoms with Crippen LogP contribution in [-0.2, 0) is 0 Å². The third-order valence-corrected chi connectivity index (χ3v) is 2.49. The molecule has 16 heavy (non-hydrogen) atoms. The van der Waals surface area contributed by atoms with Gasteiger partial charge in [0.15, 0.2) is 0 Å². The Bertz CT molecular complexity index is 472. The number of halogens is 2. The van der Waals surface area contributed by atoms with Gasteiger partial charge in [0.1, 0.15) is 12.4 Å². The van der Waals surface area contributed by atoms with Crippen molar-refractivity contribution in [1.82, 2.24) is 4.98 Å². The zero-order valence-corrected chi connectivity index (χ0v) is 9.68. The quantitative estimate of drug-likeness (QED) is 0.872. The van der Waals surface area contributed by atoms with Crippen molar-refractivity contribution < 1.29 is 9.13 Å². The van der Waals surface area contributed by atoms with Crippen LogP contribution in [0.2, 0.25) is 0 Å². The van der Waals surface area contributed by atoms with Gasteiger partial charge < -0.3 is 15.5 Å². The van der Waals surface area contributed by atoms with Crippen LogP contribution in [0.5, 0.6) is 5.75 Å². The number of benzene rings is 1. The molecule has 0 fully saturated rings. The molecule has 0 saturated heterocycles. The Morgan fingerprint density at radius 1 is 1.50 bits per heavy atom. The maximum atomic E-state index is 12.5. The minimum atomic E-state index is -0.578. The lowest BCUT2D eigenvalue weighted by Gasteiger charge is -2.05. The van der Waals surface area contributed by atoms with E-state index < -0.39 is 12.7 Å². The lowest BCUT2D eigenvalue weighted by atomic mass is 10.1. The topological polar surface area (TPSA) is 51.0 Å². The van der Waals surface area contributed by atoms with Crippen molar-refractivity contribution in [3.05, 3.63) is 30.0 Å². The molecule has 2 aromatic rings. The lowest BCUT2D eigenvalue weighted by molar-refractivity contribution is 0.415. The molecule has 0 saturated carbocycles. The monoisotopic (exact) mass is 244 g/mol. The van der Waals surface area contributed by atoms with E-state index >= 15 is 0 Å². The summed E-state index contributed by atoms with van der Waals surface area (Å²) < 4.78 is 17.6. The minimum absolute atomic E-state index is 0. The molecule has 0 spiro atoms. The van der Waals surface area contributed by atoms with E-state index in [1.54, 1.807) is 13.3 Å². The summed E-state index contributed by atoms with van der Waals surface area (Å²) in [6.07, 6.45) is 1.74. The summed E-state index contributed by atoms with van der Waals surface area (Å²) in [6, 6.07) is 5.02. The Balaban J connectivity index is 0.00000128. The number of aromatic amines is 1. The predicted octanol–water partition coefficient (Wildman–Crippen LogP) is 2.57. The molecule has 5 heteroatoms. The summed E-state index contributed by atoms with van der Waals surface area (Å²) >= 11 is 0. The molecule has 0 aliphatic carbocycles. The van der Waals surface area contributed by atoms with Gasteiger partial charge in [-0.3, -0.25) is 0 Å². The van der Waals surface area contributed by atoms with Gasteiger partial charge in [0.05, 0.1) is 13.2 Å². The Hall–Kier alpha value is -1.26. The number of nitrogens with two attached hydrogens (primary N) is 1. The first-order valence-corrected chi connectivity index (χ1v) is 4.73. The van der Waals surface area contributed by atoms with Gasteiger partial charge in [-0.25, -0.2) is 4.39 Å². The van der Waals surface area contributed by atoms with Gasteiger partial charge in [0.25, 0.3) is 0 Å². The van der Waals surface area contributed by atoms with Crippen LogP contribution in [0.3, 0.4) is 0 Å². The molecule has 0 radical (unpaired) electrons. The fourth-order valence-corrected chi connectivity index (χ4v) is 1.64. The average Bonchev–Trinajstić information content (AvgIpc) is 2.70. The standard InChI is InChI=1S/C11H13FN2O.ClH/c1-15-7-2-3-11-8(4-7)9(6-14-11)10(13)5-12;/h2-4,6,10,14H,5,13H2,1H3;1H/t10-;/m0./s1. The molecule has 0 bridgehead atoms. The van der Waals surface area contributed by atoms with Crippen LogP contribution in [0, 0.1) is 0 Å². The maximum Gasteiger partial charge on any atom is 0.119 e. The van der Waals surface area contributed by atoms with Crippen LogP contribution in [0.4, 0.5) is 4.39 Å². The molecule has 1 heterocycles. The first-order valence-electron chi connectivity index (χ1n) is 4.73. The highest BCUT2D eigenvalue weighted by Crippen LogP contribution is 2.26. The van der Waals surface area contributed by atoms with Crippen molar-refractivity contribution >= 4 is 23.3 Å². The number of methoxy groups -OCH3 is 1. The van der Waals surface area contributed by atoms with Crippen LogP contribution in [0.1, 0.15) is 11.6 Å². The van der Waals surface area contributed by atoms with Gasteiger partial charge in [0, 0.05) is 17.1 Å². The van der Waals surface area contributed by atoms with Gasteiger partial charge in [0.2, 0.25) is 0 Å². The lowest BCUT2D eigenvalue weighted by Crippen LogP contribution is -2.11. The molecule has 3 nitrogen and oxygen atoms in total. The molecule has 0 unspecified atom stereocenters. The third-order valence-electron chi connectivity index (χ3n) is 2.49. The zero-order chi connectivity index (χ0) is 10.8. The number of nitrogens with one attached hydrogen (secondary N) is 1. The van der Waals surface area contributed by atoms with E-state index in [2.05, 4.69) is 4.98 Å². The van der Waals surface area contributed by atoms with Crippen molar-refractivity contribution in [3.63, 3.8) is 0 Å². The van der Waals surface area contributed by atoms with E-state index in [1.807, 2.05) is 18.2 Å². The molecule has 1 aromatic heterocycles. The molecule has 2 rings (SSSR count). The van der Waals surface area contributed by atoms with Gasteiger partial charge >= 0.3 is 0 Å². The van der Waals surface area contributed by atoms with Crippen LogP contribution in [0.15, 0.2) is 24.4 Å². The van der Waals surface area contributed by atoms with Crippen LogP contribution in [-0.4, -0.2) is 18.8 Å². The van der Waals surface area contributed by atoms with Gasteiger partial charge in [-0.05, 0) is 23.8 Å². The van der Waals surface area contributed by atoms with Gasteiger partial charge in [-0.1, -0.05) is 0 Å². The number of ether oxygens (including phenoxy) is 1. The van der Waals surface area contributed by atoms with Crippen molar-refractivity contribution in [2.45, 2.75) is 6.04 Å². The molecule has 88 valence electrons. The Labute approximate surface area is 99.2 Å². The number of H-pyrrole nitrogens is 1. The molecule has 0 aliphatic heterocycles. The highest BCUT2D eigenvalue weighted by molar-refractivity contribution is 5.85. The van der Waals surface area contributed by atoms with E-state index in [0.717, 1.165) is 22.2 Å². The second-order valence-electron chi connectivity index (χ2n) is 3.42. The number of aromatic nitrogens is 1. The van der Waals surface area contributed by atoms with E-state index in [-0.39, 0.29) is 12.4 Å². The fraction of sp³-hybridized carbons (Fsp3) is 0.273. The number of alkyl halides is 1. The van der Waals surface area contributed by atoms with E-state index in [0.29, 0.717) is 0 Å². The van der Waals surface area contributed by atoms with Crippen LogP contribution >= 0.6 is 12.4 Å². The Kier molecular flexibility index (Phi) is 4.15. The number of hydrogen-bond acceptors (Lipinski definition) is 2. The average molecular weight is 245 g/mol. The fourth-order valence-electron chi connectivity index (χ4n) is 1.64. The van der Waals surface area contributed by atoms with Crippen LogP contribution in [0.25, 0.3) is 10.9 Å². The first kappa shape index (κ1) is 12.8. The predicted molar refractivity (Wildman–Crippen MR) is 65.0 cm³/mol. The summed E-state index contributed by atoms with van der Waals surface area (Å²) in [5.41, 5.74) is 7.38. The number of rotatable bonds is 3. The van der Waals surface area contributed by atoms with E-state index in [9.17, 15) is 4.39 Å². The van der Waals surface area contributed by atoms with Crippen molar-refractivity contribution in [1.29, 1.82) is 0 Å². The van der Waals surface area contributed by atoms with Crippen molar-refractivity contribution in [3.8, 4) is 5.75 Å². The zero-order valence-electron chi connectivity index (χ0n) is 8.87. The molecule has 1 atom stereocenters. The van der Waals surface area contributed by atoms with Gasteiger partial charge in [-0.15, -0.1) is 12.4 Å². The molecular formula is C11H14ClFN2O. The molecule has 3 N–H and O–H groups in total. The molecule has 0 amide bonds. The van der Waals surface area contributed by atoms with Crippen molar-refractivity contribution in [2.75, 3.05) is 13.8 Å².